The molecule has 446 valence electrons. The number of aliphatic hydroxyl groups is 2. The van der Waals surface area contributed by atoms with Gasteiger partial charge in [0, 0.05) is 12.8 Å². The molecule has 0 rings (SSSR count). The number of amides is 1. The van der Waals surface area contributed by atoms with E-state index in [1.807, 2.05) is 0 Å². The third-order valence-corrected chi connectivity index (χ3v) is 16.3. The van der Waals surface area contributed by atoms with Gasteiger partial charge in [-0.3, -0.25) is 9.59 Å². The van der Waals surface area contributed by atoms with Crippen LogP contribution >= 0.6 is 0 Å². The lowest BCUT2D eigenvalue weighted by Crippen LogP contribution is -2.45. The van der Waals surface area contributed by atoms with Crippen LogP contribution in [0.25, 0.3) is 0 Å². The van der Waals surface area contributed by atoms with Crippen LogP contribution in [-0.4, -0.2) is 47.4 Å². The first kappa shape index (κ1) is 73.6. The number of unbranched alkanes of at least 4 members (excludes halogenated alkanes) is 52. The van der Waals surface area contributed by atoms with Crippen molar-refractivity contribution in [1.82, 2.24) is 5.32 Å². The third kappa shape index (κ3) is 61.7. The van der Waals surface area contributed by atoms with E-state index in [9.17, 15) is 19.8 Å². The van der Waals surface area contributed by atoms with Gasteiger partial charge in [0.25, 0.3) is 0 Å². The number of hydrogen-bond donors (Lipinski definition) is 3. The lowest BCUT2D eigenvalue weighted by Gasteiger charge is -2.22. The highest BCUT2D eigenvalue weighted by molar-refractivity contribution is 5.76. The lowest BCUT2D eigenvalue weighted by atomic mass is 10.0. The standard InChI is InChI=1S/C69H135NO5/c1-3-5-7-9-11-13-15-17-19-21-22-23-24-27-30-33-37-41-45-49-53-57-61-67(72)66(65-71)70-68(73)62-58-54-50-46-42-38-34-31-28-25-26-29-32-36-40-44-48-52-56-60-64-75-69(74)63-59-55-51-47-43-39-35-20-18-16-14-12-10-8-6-4-2/h20,35,66-67,71-72H,3-19,21-34,36-65H2,1-2H3,(H,70,73)/b35-20-. The van der Waals surface area contributed by atoms with E-state index in [-0.39, 0.29) is 18.5 Å². The van der Waals surface area contributed by atoms with Gasteiger partial charge >= 0.3 is 5.97 Å². The van der Waals surface area contributed by atoms with Crippen LogP contribution in [0.15, 0.2) is 12.2 Å². The first-order valence-corrected chi connectivity index (χ1v) is 34.4. The molecule has 1 amide bonds. The van der Waals surface area contributed by atoms with Crippen LogP contribution in [0.2, 0.25) is 0 Å². The van der Waals surface area contributed by atoms with Crippen LogP contribution in [0.1, 0.15) is 393 Å². The summed E-state index contributed by atoms with van der Waals surface area (Å²) in [6.45, 7) is 4.98. The van der Waals surface area contributed by atoms with Gasteiger partial charge in [-0.15, -0.1) is 0 Å². The number of aliphatic hydroxyl groups excluding tert-OH is 2. The minimum Gasteiger partial charge on any atom is -0.466 e. The minimum atomic E-state index is -0.666. The number of nitrogens with one attached hydrogen (secondary N) is 1. The Morgan fingerprint density at radius 2 is 0.627 bits per heavy atom. The van der Waals surface area contributed by atoms with Crippen molar-refractivity contribution in [2.24, 2.45) is 0 Å². The second kappa shape index (κ2) is 65.1. The van der Waals surface area contributed by atoms with Crippen LogP contribution in [-0.2, 0) is 14.3 Å². The van der Waals surface area contributed by atoms with Crippen LogP contribution in [0.5, 0.6) is 0 Å². The maximum atomic E-state index is 12.5. The Morgan fingerprint density at radius 3 is 0.947 bits per heavy atom. The molecule has 0 aromatic carbocycles. The maximum absolute atomic E-state index is 12.5. The molecular weight excluding hydrogens is 923 g/mol. The monoisotopic (exact) mass is 1060 g/mol. The second-order valence-corrected chi connectivity index (χ2v) is 23.9. The van der Waals surface area contributed by atoms with Gasteiger partial charge in [-0.25, -0.2) is 0 Å². The summed E-state index contributed by atoms with van der Waals surface area (Å²) in [4.78, 5) is 24.6. The Kier molecular flexibility index (Phi) is 63.9. The molecule has 0 aliphatic rings. The van der Waals surface area contributed by atoms with E-state index >= 15 is 0 Å². The van der Waals surface area contributed by atoms with Crippen LogP contribution in [0, 0.1) is 0 Å². The smallest absolute Gasteiger partial charge is 0.305 e. The lowest BCUT2D eigenvalue weighted by molar-refractivity contribution is -0.143. The highest BCUT2D eigenvalue weighted by atomic mass is 16.5. The van der Waals surface area contributed by atoms with Crippen LogP contribution in [0.4, 0.5) is 0 Å². The van der Waals surface area contributed by atoms with Gasteiger partial charge in [-0.1, -0.05) is 341 Å². The van der Waals surface area contributed by atoms with Gasteiger partial charge in [-0.2, -0.15) is 0 Å². The Balaban J connectivity index is 3.39. The van der Waals surface area contributed by atoms with Gasteiger partial charge in [0.1, 0.15) is 0 Å². The van der Waals surface area contributed by atoms with E-state index in [4.69, 9.17) is 4.74 Å². The molecule has 0 aliphatic heterocycles. The first-order valence-electron chi connectivity index (χ1n) is 34.4. The summed E-state index contributed by atoms with van der Waals surface area (Å²) in [5, 5.41) is 23.4. The molecule has 0 spiro atoms. The van der Waals surface area contributed by atoms with Crippen molar-refractivity contribution in [3.8, 4) is 0 Å². The molecule has 6 heteroatoms. The highest BCUT2D eigenvalue weighted by Gasteiger charge is 2.20. The summed E-state index contributed by atoms with van der Waals surface area (Å²) in [7, 11) is 0. The van der Waals surface area contributed by atoms with E-state index in [1.165, 1.54) is 315 Å². The van der Waals surface area contributed by atoms with Crippen molar-refractivity contribution < 1.29 is 24.5 Å². The van der Waals surface area contributed by atoms with Gasteiger partial charge in [0.05, 0.1) is 25.4 Å². The van der Waals surface area contributed by atoms with Crippen molar-refractivity contribution in [3.05, 3.63) is 12.2 Å². The number of hydrogen-bond acceptors (Lipinski definition) is 5. The number of rotatable bonds is 65. The van der Waals surface area contributed by atoms with E-state index in [0.717, 1.165) is 44.9 Å². The average Bonchev–Trinajstić information content (AvgIpc) is 3.41. The molecule has 2 unspecified atom stereocenters. The van der Waals surface area contributed by atoms with E-state index in [0.29, 0.717) is 25.9 Å². The molecular formula is C69H135NO5. The predicted octanol–water partition coefficient (Wildman–Crippen LogP) is 22.0. The largest absolute Gasteiger partial charge is 0.466 e. The molecule has 0 fully saturated rings. The Bertz CT molecular complexity index is 1130. The molecule has 0 aromatic rings. The quantitative estimate of drug-likeness (QED) is 0.0320. The van der Waals surface area contributed by atoms with E-state index < -0.39 is 12.1 Å². The second-order valence-electron chi connectivity index (χ2n) is 23.9. The summed E-state index contributed by atoms with van der Waals surface area (Å²) in [6.07, 6.45) is 79.6. The molecule has 6 nitrogen and oxygen atoms in total. The normalized spacial score (nSPS) is 12.5. The van der Waals surface area contributed by atoms with Crippen molar-refractivity contribution in [2.45, 2.75) is 405 Å². The summed E-state index contributed by atoms with van der Waals surface area (Å²) in [5.41, 5.74) is 0. The number of carbonyl (C=O) groups is 2. The van der Waals surface area contributed by atoms with Crippen molar-refractivity contribution in [3.63, 3.8) is 0 Å². The molecule has 3 N–H and O–H groups in total. The Morgan fingerprint density at radius 1 is 0.360 bits per heavy atom. The molecule has 0 saturated heterocycles. The summed E-state index contributed by atoms with van der Waals surface area (Å²) in [5.74, 6) is -0.0275. The first-order chi connectivity index (χ1) is 37.0. The summed E-state index contributed by atoms with van der Waals surface area (Å²) < 4.78 is 5.49. The number of allylic oxidation sites excluding steroid dienone is 2. The zero-order chi connectivity index (χ0) is 54.3. The average molecular weight is 1060 g/mol. The van der Waals surface area contributed by atoms with Crippen LogP contribution < -0.4 is 5.32 Å². The van der Waals surface area contributed by atoms with Crippen molar-refractivity contribution in [2.75, 3.05) is 13.2 Å². The van der Waals surface area contributed by atoms with Crippen molar-refractivity contribution in [1.29, 1.82) is 0 Å². The van der Waals surface area contributed by atoms with Gasteiger partial charge in [0.2, 0.25) is 5.91 Å². The predicted molar refractivity (Wildman–Crippen MR) is 329 cm³/mol. The van der Waals surface area contributed by atoms with E-state index in [1.54, 1.807) is 0 Å². The number of esters is 1. The zero-order valence-corrected chi connectivity index (χ0v) is 51.1. The SMILES string of the molecule is CCCCCCCCC/C=C\CCCCCCCC(=O)OCCCCCCCCCCCCCCCCCCCCCCC(=O)NC(CO)C(O)CCCCCCCCCCCCCCCCCCCCCCCC. The molecule has 0 aromatic heterocycles. The molecule has 0 aliphatic carbocycles. The molecule has 0 heterocycles. The van der Waals surface area contributed by atoms with Crippen molar-refractivity contribution >= 4 is 11.9 Å². The minimum absolute atomic E-state index is 0.00456. The van der Waals surface area contributed by atoms with Gasteiger partial charge in [0.15, 0.2) is 0 Å². The molecule has 0 saturated carbocycles. The fraction of sp³-hybridized carbons (Fsp3) is 0.942. The van der Waals surface area contributed by atoms with Crippen LogP contribution in [0.3, 0.4) is 0 Å². The topological polar surface area (TPSA) is 95.9 Å². The van der Waals surface area contributed by atoms with E-state index in [2.05, 4.69) is 31.3 Å². The summed E-state index contributed by atoms with van der Waals surface area (Å²) >= 11 is 0. The molecule has 0 radical (unpaired) electrons. The highest BCUT2D eigenvalue weighted by Crippen LogP contribution is 2.19. The molecule has 0 bridgehead atoms. The summed E-state index contributed by atoms with van der Waals surface area (Å²) in [6, 6.07) is -0.544. The molecule has 2 atom stereocenters. The number of ether oxygens (including phenoxy) is 1. The fourth-order valence-corrected chi connectivity index (χ4v) is 11.1. The fourth-order valence-electron chi connectivity index (χ4n) is 11.1. The number of carbonyl (C=O) groups excluding carboxylic acids is 2. The Hall–Kier alpha value is -1.40. The molecule has 75 heavy (non-hydrogen) atoms. The maximum Gasteiger partial charge on any atom is 0.305 e. The Labute approximate surface area is 469 Å². The van der Waals surface area contributed by atoms with Gasteiger partial charge in [-0.05, 0) is 51.4 Å². The zero-order valence-electron chi connectivity index (χ0n) is 51.1. The van der Waals surface area contributed by atoms with Gasteiger partial charge < -0.3 is 20.3 Å². The third-order valence-electron chi connectivity index (χ3n) is 16.3.